The monoisotopic (exact) mass is 251 g/mol. The van der Waals surface area contributed by atoms with Crippen LogP contribution in [0.1, 0.15) is 32.8 Å². The Morgan fingerprint density at radius 1 is 1.17 bits per heavy atom. The Morgan fingerprint density at radius 3 is 2.28 bits per heavy atom. The van der Waals surface area contributed by atoms with Gasteiger partial charge in [-0.3, -0.25) is 0 Å². The summed E-state index contributed by atoms with van der Waals surface area (Å²) in [7, 11) is 1.68. The molecule has 0 amide bonds. The van der Waals surface area contributed by atoms with E-state index in [0.29, 0.717) is 6.61 Å². The zero-order valence-electron chi connectivity index (χ0n) is 11.9. The molecule has 1 unspecified atom stereocenters. The molecule has 18 heavy (non-hydrogen) atoms. The smallest absolute Gasteiger partial charge is 0.118 e. The topological polar surface area (TPSA) is 44.5 Å². The highest BCUT2D eigenvalue weighted by Gasteiger charge is 2.12. The molecule has 1 rings (SSSR count). The first-order valence-electron chi connectivity index (χ1n) is 6.43. The van der Waals surface area contributed by atoms with Gasteiger partial charge >= 0.3 is 0 Å². The average molecular weight is 251 g/mol. The van der Waals surface area contributed by atoms with Gasteiger partial charge in [0.15, 0.2) is 0 Å². The standard InChI is InChI=1S/C15H25NO2/c1-15(2,3)18-11-13(16)8-5-12-6-9-14(17-4)10-7-12/h6-7,9-10,13H,5,8,11,16H2,1-4H3. The third kappa shape index (κ3) is 6.03. The van der Waals surface area contributed by atoms with Gasteiger partial charge in [-0.1, -0.05) is 12.1 Å². The first-order valence-corrected chi connectivity index (χ1v) is 6.43. The van der Waals surface area contributed by atoms with Crippen molar-refractivity contribution in [2.45, 2.75) is 45.3 Å². The number of hydrogen-bond donors (Lipinski definition) is 1. The van der Waals surface area contributed by atoms with Crippen LogP contribution in [0.15, 0.2) is 24.3 Å². The van der Waals surface area contributed by atoms with E-state index in [1.54, 1.807) is 7.11 Å². The van der Waals surface area contributed by atoms with Crippen molar-refractivity contribution in [1.29, 1.82) is 0 Å². The minimum absolute atomic E-state index is 0.0892. The maximum Gasteiger partial charge on any atom is 0.118 e. The second kappa shape index (κ2) is 6.76. The molecule has 0 saturated carbocycles. The van der Waals surface area contributed by atoms with Crippen LogP contribution in [0.25, 0.3) is 0 Å². The quantitative estimate of drug-likeness (QED) is 0.845. The fourth-order valence-corrected chi connectivity index (χ4v) is 1.58. The Kier molecular flexibility index (Phi) is 5.63. The van der Waals surface area contributed by atoms with Crippen molar-refractivity contribution in [2.24, 2.45) is 5.73 Å². The summed E-state index contributed by atoms with van der Waals surface area (Å²) < 4.78 is 10.8. The van der Waals surface area contributed by atoms with Gasteiger partial charge in [-0.2, -0.15) is 0 Å². The summed E-state index contributed by atoms with van der Waals surface area (Å²) in [5.41, 5.74) is 7.20. The summed E-state index contributed by atoms with van der Waals surface area (Å²) in [6, 6.07) is 8.21. The van der Waals surface area contributed by atoms with Gasteiger partial charge in [0.1, 0.15) is 5.75 Å². The van der Waals surface area contributed by atoms with Crippen LogP contribution in [0.5, 0.6) is 5.75 Å². The van der Waals surface area contributed by atoms with Crippen molar-refractivity contribution in [3.05, 3.63) is 29.8 Å². The number of benzene rings is 1. The summed E-state index contributed by atoms with van der Waals surface area (Å²) >= 11 is 0. The SMILES string of the molecule is COc1ccc(CCC(N)COC(C)(C)C)cc1. The average Bonchev–Trinajstić information content (AvgIpc) is 2.33. The van der Waals surface area contributed by atoms with E-state index >= 15 is 0 Å². The van der Waals surface area contributed by atoms with E-state index in [4.69, 9.17) is 15.2 Å². The van der Waals surface area contributed by atoms with Gasteiger partial charge in [0.25, 0.3) is 0 Å². The lowest BCUT2D eigenvalue weighted by molar-refractivity contribution is -0.0107. The molecule has 1 atom stereocenters. The van der Waals surface area contributed by atoms with Gasteiger partial charge < -0.3 is 15.2 Å². The molecule has 1 aromatic rings. The van der Waals surface area contributed by atoms with Crippen molar-refractivity contribution in [1.82, 2.24) is 0 Å². The van der Waals surface area contributed by atoms with Gasteiger partial charge in [-0.15, -0.1) is 0 Å². The van der Waals surface area contributed by atoms with Gasteiger partial charge in [0.05, 0.1) is 19.3 Å². The number of aryl methyl sites for hydroxylation is 1. The minimum atomic E-state index is -0.113. The van der Waals surface area contributed by atoms with Crippen molar-refractivity contribution in [3.63, 3.8) is 0 Å². The molecule has 0 aromatic heterocycles. The fraction of sp³-hybridized carbons (Fsp3) is 0.600. The first kappa shape index (κ1) is 15.0. The van der Waals surface area contributed by atoms with E-state index in [1.807, 2.05) is 32.9 Å². The van der Waals surface area contributed by atoms with Gasteiger partial charge in [-0.25, -0.2) is 0 Å². The summed E-state index contributed by atoms with van der Waals surface area (Å²) in [6.07, 6.45) is 1.90. The normalized spacial score (nSPS) is 13.4. The Bertz CT molecular complexity index is 341. The molecule has 0 aliphatic carbocycles. The largest absolute Gasteiger partial charge is 0.497 e. The van der Waals surface area contributed by atoms with Crippen LogP contribution in [0, 0.1) is 0 Å². The maximum atomic E-state index is 6.04. The Morgan fingerprint density at radius 2 is 1.78 bits per heavy atom. The zero-order chi connectivity index (χ0) is 13.6. The van der Waals surface area contributed by atoms with Crippen LogP contribution in [-0.2, 0) is 11.2 Å². The number of nitrogens with two attached hydrogens (primary N) is 1. The van der Waals surface area contributed by atoms with E-state index in [-0.39, 0.29) is 11.6 Å². The molecule has 0 radical (unpaired) electrons. The first-order chi connectivity index (χ1) is 8.40. The molecular weight excluding hydrogens is 226 g/mol. The van der Waals surface area contributed by atoms with Crippen molar-refractivity contribution in [3.8, 4) is 5.75 Å². The summed E-state index contributed by atoms with van der Waals surface area (Å²) in [5, 5.41) is 0. The molecule has 102 valence electrons. The third-order valence-electron chi connectivity index (χ3n) is 2.69. The molecule has 0 bridgehead atoms. The molecule has 0 heterocycles. The highest BCUT2D eigenvalue weighted by molar-refractivity contribution is 5.27. The van der Waals surface area contributed by atoms with E-state index in [9.17, 15) is 0 Å². The predicted molar refractivity (Wildman–Crippen MR) is 75.0 cm³/mol. The second-order valence-electron chi connectivity index (χ2n) is 5.57. The lowest BCUT2D eigenvalue weighted by atomic mass is 10.1. The van der Waals surface area contributed by atoms with Crippen molar-refractivity contribution < 1.29 is 9.47 Å². The summed E-state index contributed by atoms with van der Waals surface area (Å²) in [6.45, 7) is 6.75. The second-order valence-corrected chi connectivity index (χ2v) is 5.57. The van der Waals surface area contributed by atoms with Gasteiger partial charge in [0, 0.05) is 6.04 Å². The predicted octanol–water partition coefficient (Wildman–Crippen LogP) is 2.77. The molecular formula is C15H25NO2. The summed E-state index contributed by atoms with van der Waals surface area (Å²) in [5.74, 6) is 0.888. The molecule has 0 aliphatic heterocycles. The van der Waals surface area contributed by atoms with Crippen LogP contribution in [-0.4, -0.2) is 25.4 Å². The van der Waals surface area contributed by atoms with Crippen LogP contribution < -0.4 is 10.5 Å². The number of ether oxygens (including phenoxy) is 2. The minimum Gasteiger partial charge on any atom is -0.497 e. The van der Waals surface area contributed by atoms with Crippen molar-refractivity contribution in [2.75, 3.05) is 13.7 Å². The van der Waals surface area contributed by atoms with Crippen LogP contribution in [0.4, 0.5) is 0 Å². The van der Waals surface area contributed by atoms with Crippen LogP contribution in [0.3, 0.4) is 0 Å². The molecule has 0 aliphatic rings. The molecule has 3 heteroatoms. The fourth-order valence-electron chi connectivity index (χ4n) is 1.58. The number of methoxy groups -OCH3 is 1. The lowest BCUT2D eigenvalue weighted by Gasteiger charge is -2.22. The Balaban J connectivity index is 2.31. The highest BCUT2D eigenvalue weighted by Crippen LogP contribution is 2.13. The Hall–Kier alpha value is -1.06. The van der Waals surface area contributed by atoms with Crippen molar-refractivity contribution >= 4 is 0 Å². The lowest BCUT2D eigenvalue weighted by Crippen LogP contribution is -2.32. The molecule has 1 aromatic carbocycles. The number of rotatable bonds is 6. The van der Waals surface area contributed by atoms with E-state index in [0.717, 1.165) is 18.6 Å². The summed E-state index contributed by atoms with van der Waals surface area (Å²) in [4.78, 5) is 0. The number of hydrogen-bond acceptors (Lipinski definition) is 3. The Labute approximate surface area is 110 Å². The zero-order valence-corrected chi connectivity index (χ0v) is 11.9. The van der Waals surface area contributed by atoms with Crippen LogP contribution in [0.2, 0.25) is 0 Å². The molecule has 2 N–H and O–H groups in total. The van der Waals surface area contributed by atoms with Gasteiger partial charge in [0.2, 0.25) is 0 Å². The van der Waals surface area contributed by atoms with E-state index < -0.39 is 0 Å². The van der Waals surface area contributed by atoms with Gasteiger partial charge in [-0.05, 0) is 51.3 Å². The molecule has 0 saturated heterocycles. The molecule has 0 spiro atoms. The third-order valence-corrected chi connectivity index (χ3v) is 2.69. The molecule has 0 fully saturated rings. The molecule has 3 nitrogen and oxygen atoms in total. The van der Waals surface area contributed by atoms with E-state index in [2.05, 4.69) is 12.1 Å². The highest BCUT2D eigenvalue weighted by atomic mass is 16.5. The maximum absolute atomic E-state index is 6.04. The van der Waals surface area contributed by atoms with Crippen LogP contribution >= 0.6 is 0 Å². The van der Waals surface area contributed by atoms with E-state index in [1.165, 1.54) is 5.56 Å².